The van der Waals surface area contributed by atoms with Gasteiger partial charge in [0.2, 0.25) is 0 Å². The maximum Gasteiger partial charge on any atom is 0.330 e. The number of carbonyl (C=O) groups is 1. The molecule has 24 heavy (non-hydrogen) atoms. The zero-order valence-electron chi connectivity index (χ0n) is 13.7. The molecule has 7 heteroatoms. The summed E-state index contributed by atoms with van der Waals surface area (Å²) < 4.78 is 26.3. The fraction of sp³-hybridized carbons (Fsp3) is 0.471. The molecule has 0 aromatic heterocycles. The van der Waals surface area contributed by atoms with E-state index in [9.17, 15) is 9.90 Å². The molecule has 0 aliphatic carbocycles. The Bertz CT molecular complexity index is 531. The van der Waals surface area contributed by atoms with Crippen LogP contribution < -0.4 is 0 Å². The molecule has 0 radical (unpaired) electrons. The molecule has 0 saturated carbocycles. The Morgan fingerprint density at radius 2 is 1.88 bits per heavy atom. The van der Waals surface area contributed by atoms with E-state index in [-0.39, 0.29) is 13.6 Å². The van der Waals surface area contributed by atoms with Crippen molar-refractivity contribution in [1.29, 1.82) is 0 Å². The predicted octanol–water partition coefficient (Wildman–Crippen LogP) is 1.18. The summed E-state index contributed by atoms with van der Waals surface area (Å²) >= 11 is 0. The summed E-state index contributed by atoms with van der Waals surface area (Å²) in [6.45, 7) is -0.0508. The molecule has 0 amide bonds. The highest BCUT2D eigenvalue weighted by molar-refractivity contribution is 5.83. The normalized spacial score (nSPS) is 22.9. The molecule has 0 saturated heterocycles. The van der Waals surface area contributed by atoms with Crippen LogP contribution in [-0.2, 0) is 28.5 Å². The Hall–Kier alpha value is -1.77. The van der Waals surface area contributed by atoms with Crippen molar-refractivity contribution in [3.63, 3.8) is 0 Å². The van der Waals surface area contributed by atoms with Gasteiger partial charge in [0.25, 0.3) is 0 Å². The van der Waals surface area contributed by atoms with Gasteiger partial charge in [-0.2, -0.15) is 0 Å². The van der Waals surface area contributed by atoms with E-state index in [1.807, 2.05) is 6.07 Å². The maximum absolute atomic E-state index is 11.7. The van der Waals surface area contributed by atoms with E-state index >= 15 is 0 Å². The zero-order valence-corrected chi connectivity index (χ0v) is 13.7. The molecular formula is C17H22O7. The fourth-order valence-electron chi connectivity index (χ4n) is 2.43. The van der Waals surface area contributed by atoms with E-state index < -0.39 is 30.4 Å². The number of ether oxygens (including phenoxy) is 5. The molecule has 132 valence electrons. The lowest BCUT2D eigenvalue weighted by Gasteiger charge is -2.35. The van der Waals surface area contributed by atoms with Gasteiger partial charge in [0, 0.05) is 20.3 Å². The first-order chi connectivity index (χ1) is 11.7. The smallest absolute Gasteiger partial charge is 0.330 e. The fourth-order valence-corrected chi connectivity index (χ4v) is 2.43. The van der Waals surface area contributed by atoms with Crippen molar-refractivity contribution < 1.29 is 33.6 Å². The second-order valence-electron chi connectivity index (χ2n) is 5.19. The van der Waals surface area contributed by atoms with Crippen LogP contribution in [0, 0.1) is 0 Å². The standard InChI is InChI=1S/C17H22O7/c1-20-10-22-13-8-9-14(18)24-16(13)17(23-11-21-2)15(19)12-6-4-3-5-7-12/h3-9,13,15-17,19H,10-11H2,1-2H3/t13-,15+,16+,17+/m0/s1. The molecule has 1 N–H and O–H groups in total. The molecule has 4 atom stereocenters. The van der Waals surface area contributed by atoms with Crippen LogP contribution in [0.3, 0.4) is 0 Å². The van der Waals surface area contributed by atoms with E-state index in [4.69, 9.17) is 23.7 Å². The van der Waals surface area contributed by atoms with Gasteiger partial charge in [-0.3, -0.25) is 0 Å². The van der Waals surface area contributed by atoms with Crippen molar-refractivity contribution >= 4 is 5.97 Å². The minimum Gasteiger partial charge on any atom is -0.453 e. The van der Waals surface area contributed by atoms with Gasteiger partial charge < -0.3 is 28.8 Å². The molecule has 1 aliphatic heterocycles. The number of cyclic esters (lactones) is 1. The van der Waals surface area contributed by atoms with E-state index in [1.165, 1.54) is 20.3 Å². The zero-order chi connectivity index (χ0) is 17.4. The molecular weight excluding hydrogens is 316 g/mol. The lowest BCUT2D eigenvalue weighted by molar-refractivity contribution is -0.204. The lowest BCUT2D eigenvalue weighted by Crippen LogP contribution is -2.48. The number of aliphatic hydroxyl groups is 1. The van der Waals surface area contributed by atoms with Crippen molar-refractivity contribution in [2.24, 2.45) is 0 Å². The summed E-state index contributed by atoms with van der Waals surface area (Å²) in [5.41, 5.74) is 0.634. The van der Waals surface area contributed by atoms with Crippen LogP contribution in [0.1, 0.15) is 11.7 Å². The Labute approximate surface area is 140 Å². The Morgan fingerprint density at radius 3 is 2.54 bits per heavy atom. The van der Waals surface area contributed by atoms with Crippen LogP contribution in [0.25, 0.3) is 0 Å². The van der Waals surface area contributed by atoms with Crippen molar-refractivity contribution in [2.75, 3.05) is 27.8 Å². The number of hydrogen-bond acceptors (Lipinski definition) is 7. The average molecular weight is 338 g/mol. The minimum absolute atomic E-state index is 0.0154. The number of aliphatic hydroxyl groups excluding tert-OH is 1. The van der Waals surface area contributed by atoms with Gasteiger partial charge in [-0.05, 0) is 11.6 Å². The molecule has 0 spiro atoms. The van der Waals surface area contributed by atoms with Gasteiger partial charge in [0.15, 0.2) is 6.10 Å². The van der Waals surface area contributed by atoms with Crippen molar-refractivity contribution in [3.05, 3.63) is 48.0 Å². The summed E-state index contributed by atoms with van der Waals surface area (Å²) in [6.07, 6.45) is -0.511. The van der Waals surface area contributed by atoms with Crippen LogP contribution in [0.4, 0.5) is 0 Å². The molecule has 0 bridgehead atoms. The van der Waals surface area contributed by atoms with Gasteiger partial charge in [-0.25, -0.2) is 4.79 Å². The molecule has 1 heterocycles. The van der Waals surface area contributed by atoms with E-state index in [1.54, 1.807) is 30.3 Å². The van der Waals surface area contributed by atoms with Crippen LogP contribution in [-0.4, -0.2) is 57.2 Å². The third kappa shape index (κ3) is 4.86. The number of esters is 1. The molecule has 0 unspecified atom stereocenters. The minimum atomic E-state index is -1.03. The summed E-state index contributed by atoms with van der Waals surface area (Å²) in [6, 6.07) is 8.98. The average Bonchev–Trinajstić information content (AvgIpc) is 2.62. The Balaban J connectivity index is 2.23. The van der Waals surface area contributed by atoms with Crippen LogP contribution in [0.2, 0.25) is 0 Å². The topological polar surface area (TPSA) is 83.5 Å². The second kappa shape index (κ2) is 9.51. The summed E-state index contributed by atoms with van der Waals surface area (Å²) in [4.78, 5) is 11.7. The molecule has 1 aromatic carbocycles. The summed E-state index contributed by atoms with van der Waals surface area (Å²) in [7, 11) is 2.96. The third-order valence-electron chi connectivity index (χ3n) is 3.53. The lowest BCUT2D eigenvalue weighted by atomic mass is 9.95. The van der Waals surface area contributed by atoms with E-state index in [0.717, 1.165) is 0 Å². The van der Waals surface area contributed by atoms with E-state index in [0.29, 0.717) is 5.56 Å². The monoisotopic (exact) mass is 338 g/mol. The Kier molecular flexibility index (Phi) is 7.36. The first-order valence-corrected chi connectivity index (χ1v) is 7.50. The molecule has 0 fully saturated rings. The first kappa shape index (κ1) is 18.6. The number of rotatable bonds is 9. The van der Waals surface area contributed by atoms with Crippen LogP contribution in [0.5, 0.6) is 0 Å². The third-order valence-corrected chi connectivity index (χ3v) is 3.53. The van der Waals surface area contributed by atoms with Crippen molar-refractivity contribution in [1.82, 2.24) is 0 Å². The van der Waals surface area contributed by atoms with Gasteiger partial charge in [0.1, 0.15) is 31.9 Å². The van der Waals surface area contributed by atoms with E-state index in [2.05, 4.69) is 0 Å². The molecule has 1 aliphatic rings. The van der Waals surface area contributed by atoms with Crippen LogP contribution >= 0.6 is 0 Å². The number of benzene rings is 1. The van der Waals surface area contributed by atoms with Gasteiger partial charge >= 0.3 is 5.97 Å². The first-order valence-electron chi connectivity index (χ1n) is 7.50. The SMILES string of the molecule is COCO[C@@H]([C@@H]1OC(=O)C=C[C@@H]1OCOC)[C@H](O)c1ccccc1. The number of methoxy groups -OCH3 is 2. The van der Waals surface area contributed by atoms with Crippen molar-refractivity contribution in [2.45, 2.75) is 24.4 Å². The van der Waals surface area contributed by atoms with Crippen LogP contribution in [0.15, 0.2) is 42.5 Å². The largest absolute Gasteiger partial charge is 0.453 e. The van der Waals surface area contributed by atoms with Gasteiger partial charge in [-0.15, -0.1) is 0 Å². The molecule has 1 aromatic rings. The highest BCUT2D eigenvalue weighted by Crippen LogP contribution is 2.28. The quantitative estimate of drug-likeness (QED) is 0.535. The second-order valence-corrected chi connectivity index (χ2v) is 5.19. The highest BCUT2D eigenvalue weighted by atomic mass is 16.7. The highest BCUT2D eigenvalue weighted by Gasteiger charge is 2.40. The van der Waals surface area contributed by atoms with Crippen molar-refractivity contribution in [3.8, 4) is 0 Å². The van der Waals surface area contributed by atoms with Gasteiger partial charge in [-0.1, -0.05) is 30.3 Å². The molecule has 7 nitrogen and oxygen atoms in total. The maximum atomic E-state index is 11.7. The predicted molar refractivity (Wildman–Crippen MR) is 83.9 cm³/mol. The summed E-state index contributed by atoms with van der Waals surface area (Å²) in [5, 5.41) is 10.7. The Morgan fingerprint density at radius 1 is 1.17 bits per heavy atom. The van der Waals surface area contributed by atoms with Gasteiger partial charge in [0.05, 0.1) is 0 Å². The summed E-state index contributed by atoms with van der Waals surface area (Å²) in [5.74, 6) is -0.524. The number of hydrogen-bond donors (Lipinski definition) is 1. The number of carbonyl (C=O) groups excluding carboxylic acids is 1. The molecule has 2 rings (SSSR count).